The van der Waals surface area contributed by atoms with Crippen LogP contribution in [0, 0.1) is 28.6 Å². The van der Waals surface area contributed by atoms with Gasteiger partial charge >= 0.3 is 11.9 Å². The van der Waals surface area contributed by atoms with Crippen molar-refractivity contribution in [2.75, 3.05) is 13.2 Å². The van der Waals surface area contributed by atoms with Crippen LogP contribution in [-0.2, 0) is 23.8 Å². The number of ether oxygens (including phenoxy) is 3. The van der Waals surface area contributed by atoms with Gasteiger partial charge in [0.1, 0.15) is 18.3 Å². The van der Waals surface area contributed by atoms with E-state index in [-0.39, 0.29) is 23.6 Å². The molecule has 0 spiro atoms. The van der Waals surface area contributed by atoms with E-state index >= 15 is 0 Å². The zero-order valence-electron chi connectivity index (χ0n) is 17.9. The van der Waals surface area contributed by atoms with Crippen molar-refractivity contribution in [1.82, 2.24) is 0 Å². The van der Waals surface area contributed by atoms with Crippen molar-refractivity contribution in [2.24, 2.45) is 28.6 Å². The number of hydrogen-bond acceptors (Lipinski definition) is 5. The molecular weight excluding hydrogens is 356 g/mol. The van der Waals surface area contributed by atoms with Crippen molar-refractivity contribution >= 4 is 11.9 Å². The fourth-order valence-electron chi connectivity index (χ4n) is 6.39. The van der Waals surface area contributed by atoms with E-state index in [1.165, 1.54) is 19.3 Å². The maximum atomic E-state index is 13.4. The van der Waals surface area contributed by atoms with Gasteiger partial charge < -0.3 is 14.2 Å². The van der Waals surface area contributed by atoms with Crippen molar-refractivity contribution in [2.45, 2.75) is 90.8 Å². The van der Waals surface area contributed by atoms with Crippen LogP contribution < -0.4 is 0 Å². The highest BCUT2D eigenvalue weighted by Crippen LogP contribution is 2.57. The summed E-state index contributed by atoms with van der Waals surface area (Å²) in [7, 11) is 0. The molecule has 5 rings (SSSR count). The number of epoxide rings is 1. The Hall–Kier alpha value is -1.10. The Morgan fingerprint density at radius 3 is 2.00 bits per heavy atom. The molecular formula is C23H36O5. The van der Waals surface area contributed by atoms with Gasteiger partial charge in [0, 0.05) is 0 Å². The fraction of sp³-hybridized carbons (Fsp3) is 0.913. The summed E-state index contributed by atoms with van der Waals surface area (Å²) in [5.41, 5.74) is -1.65. The number of rotatable bonds is 8. The van der Waals surface area contributed by atoms with Gasteiger partial charge in [-0.2, -0.15) is 0 Å². The highest BCUT2D eigenvalue weighted by Gasteiger charge is 2.55. The van der Waals surface area contributed by atoms with Gasteiger partial charge in [0.15, 0.2) is 0 Å². The van der Waals surface area contributed by atoms with E-state index in [2.05, 4.69) is 0 Å². The summed E-state index contributed by atoms with van der Waals surface area (Å²) in [5.74, 6) is 1.84. The molecule has 4 saturated carbocycles. The van der Waals surface area contributed by atoms with Gasteiger partial charge in [-0.25, -0.2) is 0 Å². The molecule has 1 aliphatic heterocycles. The molecule has 0 N–H and O–H groups in total. The summed E-state index contributed by atoms with van der Waals surface area (Å²) in [6.07, 6.45) is 8.24. The predicted octanol–water partition coefficient (Wildman–Crippen LogP) is 4.27. The normalized spacial score (nSPS) is 38.0. The molecule has 1 saturated heterocycles. The monoisotopic (exact) mass is 392 g/mol. The summed E-state index contributed by atoms with van der Waals surface area (Å²) in [5, 5.41) is 0. The van der Waals surface area contributed by atoms with Gasteiger partial charge in [-0.15, -0.1) is 0 Å². The molecule has 1 heterocycles. The van der Waals surface area contributed by atoms with Gasteiger partial charge in [-0.05, 0) is 89.9 Å². The molecule has 0 amide bonds. The van der Waals surface area contributed by atoms with Crippen LogP contribution in [0.15, 0.2) is 0 Å². The van der Waals surface area contributed by atoms with E-state index in [1.807, 2.05) is 27.7 Å². The van der Waals surface area contributed by atoms with Gasteiger partial charge in [0.2, 0.25) is 0 Å². The van der Waals surface area contributed by atoms with Crippen molar-refractivity contribution in [1.29, 1.82) is 0 Å². The van der Waals surface area contributed by atoms with Crippen molar-refractivity contribution in [3.8, 4) is 0 Å². The quantitative estimate of drug-likeness (QED) is 0.456. The standard InChI is InChI=1S/C23H36O5/c1-5-22(4,14-21(2,3)19(24)27-13-18-12-26-18)20(25)28-23-9-15-6-16(10-23)8-17(7-15)11-23/h15-18H,5-14H2,1-4H3. The number of carbonyl (C=O) groups excluding carboxylic acids is 2. The molecule has 4 aliphatic carbocycles. The van der Waals surface area contributed by atoms with Crippen LogP contribution in [0.5, 0.6) is 0 Å². The minimum Gasteiger partial charge on any atom is -0.462 e. The van der Waals surface area contributed by atoms with E-state index < -0.39 is 10.8 Å². The first-order valence-corrected chi connectivity index (χ1v) is 11.2. The van der Waals surface area contributed by atoms with E-state index in [4.69, 9.17) is 14.2 Å². The number of hydrogen-bond donors (Lipinski definition) is 0. The molecule has 0 aromatic rings. The van der Waals surface area contributed by atoms with Crippen LogP contribution in [0.2, 0.25) is 0 Å². The highest BCUT2D eigenvalue weighted by atomic mass is 16.6. The minimum atomic E-state index is -0.736. The van der Waals surface area contributed by atoms with Crippen LogP contribution in [0.25, 0.3) is 0 Å². The molecule has 158 valence electrons. The van der Waals surface area contributed by atoms with Crippen molar-refractivity contribution in [3.63, 3.8) is 0 Å². The van der Waals surface area contributed by atoms with Crippen LogP contribution in [0.4, 0.5) is 0 Å². The first-order valence-electron chi connectivity index (χ1n) is 11.2. The molecule has 2 unspecified atom stereocenters. The largest absolute Gasteiger partial charge is 0.462 e. The summed E-state index contributed by atoms with van der Waals surface area (Å²) >= 11 is 0. The molecule has 0 aromatic heterocycles. The maximum Gasteiger partial charge on any atom is 0.312 e. The van der Waals surface area contributed by atoms with E-state index in [0.717, 1.165) is 37.0 Å². The second-order valence-corrected chi connectivity index (χ2v) is 11.0. The molecule has 0 radical (unpaired) electrons. The highest BCUT2D eigenvalue weighted by molar-refractivity contribution is 5.80. The molecule has 5 fully saturated rings. The van der Waals surface area contributed by atoms with E-state index in [0.29, 0.717) is 26.1 Å². The van der Waals surface area contributed by atoms with Gasteiger partial charge in [-0.1, -0.05) is 6.92 Å². The molecule has 5 nitrogen and oxygen atoms in total. The third-order valence-corrected chi connectivity index (χ3v) is 7.75. The van der Waals surface area contributed by atoms with Crippen LogP contribution in [-0.4, -0.2) is 36.9 Å². The number of carbonyl (C=O) groups is 2. The second-order valence-electron chi connectivity index (χ2n) is 11.0. The first kappa shape index (κ1) is 20.2. The zero-order valence-corrected chi connectivity index (χ0v) is 17.9. The summed E-state index contributed by atoms with van der Waals surface area (Å²) < 4.78 is 16.9. The average molecular weight is 393 g/mol. The summed E-state index contributed by atoms with van der Waals surface area (Å²) in [6.45, 7) is 8.68. The Morgan fingerprint density at radius 2 is 1.54 bits per heavy atom. The Kier molecular flexibility index (Phi) is 5.05. The Morgan fingerprint density at radius 1 is 1.00 bits per heavy atom. The topological polar surface area (TPSA) is 65.1 Å². The van der Waals surface area contributed by atoms with Crippen LogP contribution in [0.3, 0.4) is 0 Å². The average Bonchev–Trinajstić information content (AvgIpc) is 3.41. The smallest absolute Gasteiger partial charge is 0.312 e. The van der Waals surface area contributed by atoms with Crippen molar-refractivity contribution in [3.05, 3.63) is 0 Å². The lowest BCUT2D eigenvalue weighted by Gasteiger charge is -2.56. The third kappa shape index (κ3) is 3.96. The number of esters is 2. The molecule has 2 atom stereocenters. The Labute approximate surface area is 168 Å². The van der Waals surface area contributed by atoms with Gasteiger partial charge in [0.05, 0.1) is 17.4 Å². The SMILES string of the molecule is CCC(C)(CC(C)(C)C(=O)OCC1CO1)C(=O)OC12CC3CC(CC(C3)C1)C2. The predicted molar refractivity (Wildman–Crippen MR) is 104 cm³/mol. The van der Waals surface area contributed by atoms with Crippen LogP contribution >= 0.6 is 0 Å². The fourth-order valence-corrected chi connectivity index (χ4v) is 6.39. The molecule has 5 heteroatoms. The lowest BCUT2D eigenvalue weighted by atomic mass is 9.54. The first-order chi connectivity index (χ1) is 13.1. The molecule has 0 aromatic carbocycles. The zero-order chi connectivity index (χ0) is 20.2. The molecule has 4 bridgehead atoms. The van der Waals surface area contributed by atoms with E-state index in [1.54, 1.807) is 0 Å². The summed E-state index contributed by atoms with van der Waals surface area (Å²) in [6, 6.07) is 0. The van der Waals surface area contributed by atoms with Crippen LogP contribution in [0.1, 0.15) is 79.1 Å². The Bertz CT molecular complexity index is 600. The van der Waals surface area contributed by atoms with Gasteiger partial charge in [-0.3, -0.25) is 9.59 Å². The van der Waals surface area contributed by atoms with Gasteiger partial charge in [0.25, 0.3) is 0 Å². The molecule has 28 heavy (non-hydrogen) atoms. The second kappa shape index (κ2) is 7.00. The molecule has 5 aliphatic rings. The Balaban J connectivity index is 1.41. The lowest BCUT2D eigenvalue weighted by Crippen LogP contribution is -2.54. The summed E-state index contributed by atoms with van der Waals surface area (Å²) in [4.78, 5) is 26.0. The maximum absolute atomic E-state index is 13.4. The van der Waals surface area contributed by atoms with E-state index in [9.17, 15) is 9.59 Å². The lowest BCUT2D eigenvalue weighted by molar-refractivity contribution is -0.199. The minimum absolute atomic E-state index is 0.0540. The van der Waals surface area contributed by atoms with Crippen molar-refractivity contribution < 1.29 is 23.8 Å². The third-order valence-electron chi connectivity index (χ3n) is 7.75.